The molecule has 0 radical (unpaired) electrons. The van der Waals surface area contributed by atoms with Gasteiger partial charge in [-0.05, 0) is 32.4 Å². The van der Waals surface area contributed by atoms with Crippen LogP contribution < -0.4 is 5.32 Å². The number of aliphatic imine (C=N–C) groups is 1. The molecule has 0 rings (SSSR count). The van der Waals surface area contributed by atoms with Gasteiger partial charge in [0.15, 0.2) is 0 Å². The van der Waals surface area contributed by atoms with E-state index in [1.807, 2.05) is 0 Å². The third-order valence-electron chi connectivity index (χ3n) is 3.55. The number of nitrogens with one attached hydrogen (secondary N) is 1. The monoisotopic (exact) mass is 370 g/mol. The molecule has 2 heteroatoms. The molecule has 0 aromatic heterocycles. The van der Waals surface area contributed by atoms with E-state index >= 15 is 0 Å². The molecule has 160 valence electrons. The predicted molar refractivity (Wildman–Crippen MR) is 127 cm³/mol. The zero-order valence-corrected chi connectivity index (χ0v) is 19.8. The standard InChI is InChI=1S/C10H21N.C6H14.C4H9N.C4H10/c1-4-6-7-8-10(3)11-9-5-2;1-3-5-6-4-2;1-3-4-5-2;1-3-4-2/h11H,3-9H2,1-2H3;3-6H2,1-2H3;2-4H2,1H3;3-4H2,1-2H3. The van der Waals surface area contributed by atoms with Crippen LogP contribution in [0.1, 0.15) is 126 Å². The third-order valence-corrected chi connectivity index (χ3v) is 3.55. The van der Waals surface area contributed by atoms with Gasteiger partial charge in [0.1, 0.15) is 0 Å². The zero-order valence-electron chi connectivity index (χ0n) is 19.8. The summed E-state index contributed by atoms with van der Waals surface area (Å²) in [5.41, 5.74) is 1.21. The van der Waals surface area contributed by atoms with Crippen molar-refractivity contribution in [2.24, 2.45) is 4.99 Å². The van der Waals surface area contributed by atoms with Crippen LogP contribution in [0.4, 0.5) is 0 Å². The van der Waals surface area contributed by atoms with Gasteiger partial charge in [0.25, 0.3) is 0 Å². The summed E-state index contributed by atoms with van der Waals surface area (Å²) in [4.78, 5) is 3.60. The summed E-state index contributed by atoms with van der Waals surface area (Å²) >= 11 is 0. The van der Waals surface area contributed by atoms with Gasteiger partial charge in [0, 0.05) is 18.8 Å². The van der Waals surface area contributed by atoms with Gasteiger partial charge in [-0.15, -0.1) is 0 Å². The third kappa shape index (κ3) is 56.7. The summed E-state index contributed by atoms with van der Waals surface area (Å²) in [6.45, 7) is 24.5. The Balaban J connectivity index is -0.000000137. The fraction of sp³-hybridized carbons (Fsp3) is 0.875. The van der Waals surface area contributed by atoms with Gasteiger partial charge in [-0.3, -0.25) is 0 Å². The molecule has 0 spiro atoms. The molecule has 26 heavy (non-hydrogen) atoms. The minimum Gasteiger partial charge on any atom is -0.389 e. The first-order valence-corrected chi connectivity index (χ1v) is 11.4. The molecule has 0 heterocycles. The Kier molecular flexibility index (Phi) is 49.7. The van der Waals surface area contributed by atoms with E-state index in [1.54, 1.807) is 0 Å². The lowest BCUT2D eigenvalue weighted by atomic mass is 10.2. The van der Waals surface area contributed by atoms with Crippen LogP contribution in [0.5, 0.6) is 0 Å². The second-order valence-electron chi connectivity index (χ2n) is 6.64. The highest BCUT2D eigenvalue weighted by atomic mass is 14.9. The van der Waals surface area contributed by atoms with Crippen molar-refractivity contribution in [1.82, 2.24) is 5.32 Å². The van der Waals surface area contributed by atoms with Crippen molar-refractivity contribution in [3.05, 3.63) is 12.3 Å². The zero-order chi connectivity index (χ0) is 20.9. The number of rotatable bonds is 13. The van der Waals surface area contributed by atoms with Gasteiger partial charge >= 0.3 is 0 Å². The first-order chi connectivity index (χ1) is 12.6. The first kappa shape index (κ1) is 32.8. The molecule has 0 aromatic rings. The number of hydrogen-bond acceptors (Lipinski definition) is 2. The summed E-state index contributed by atoms with van der Waals surface area (Å²) in [5.74, 6) is 0. The van der Waals surface area contributed by atoms with Crippen LogP contribution in [0.15, 0.2) is 17.3 Å². The van der Waals surface area contributed by atoms with Crippen LogP contribution in [0.2, 0.25) is 0 Å². The lowest BCUT2D eigenvalue weighted by Crippen LogP contribution is -2.12. The first-order valence-electron chi connectivity index (χ1n) is 11.4. The Morgan fingerprint density at radius 3 is 1.38 bits per heavy atom. The van der Waals surface area contributed by atoms with Gasteiger partial charge in [-0.1, -0.05) is 106 Å². The van der Waals surface area contributed by atoms with E-state index in [9.17, 15) is 0 Å². The quantitative estimate of drug-likeness (QED) is 0.255. The molecule has 0 bridgehead atoms. The number of nitrogens with zero attached hydrogens (tertiary/aromatic N) is 1. The van der Waals surface area contributed by atoms with E-state index in [2.05, 4.69) is 72.1 Å². The Morgan fingerprint density at radius 2 is 1.12 bits per heavy atom. The van der Waals surface area contributed by atoms with Crippen LogP contribution >= 0.6 is 0 Å². The second kappa shape index (κ2) is 39.3. The molecule has 0 aromatic carbocycles. The molecule has 0 aliphatic rings. The molecule has 0 atom stereocenters. The number of allylic oxidation sites excluding steroid dienone is 1. The molecule has 0 fully saturated rings. The molecule has 2 nitrogen and oxygen atoms in total. The molecule has 0 amide bonds. The normalized spacial score (nSPS) is 8.73. The van der Waals surface area contributed by atoms with Crippen molar-refractivity contribution >= 4 is 6.72 Å². The topological polar surface area (TPSA) is 24.4 Å². The Bertz CT molecular complexity index is 218. The minimum atomic E-state index is 0.903. The van der Waals surface area contributed by atoms with E-state index in [1.165, 1.54) is 69.9 Å². The van der Waals surface area contributed by atoms with Gasteiger partial charge in [-0.25, -0.2) is 0 Å². The Morgan fingerprint density at radius 1 is 0.654 bits per heavy atom. The van der Waals surface area contributed by atoms with Gasteiger partial charge in [-0.2, -0.15) is 0 Å². The summed E-state index contributed by atoms with van der Waals surface area (Å²) in [6.07, 6.45) is 15.5. The minimum absolute atomic E-state index is 0.903. The van der Waals surface area contributed by atoms with E-state index in [0.29, 0.717) is 0 Å². The fourth-order valence-corrected chi connectivity index (χ4v) is 1.64. The molecule has 0 aliphatic carbocycles. The maximum atomic E-state index is 3.95. The van der Waals surface area contributed by atoms with Crippen molar-refractivity contribution < 1.29 is 0 Å². The molecule has 0 saturated carbocycles. The number of hydrogen-bond donors (Lipinski definition) is 1. The summed E-state index contributed by atoms with van der Waals surface area (Å²) in [5, 5.41) is 3.30. The highest BCUT2D eigenvalue weighted by molar-refractivity contribution is 5.22. The summed E-state index contributed by atoms with van der Waals surface area (Å²) in [6, 6.07) is 0. The van der Waals surface area contributed by atoms with E-state index < -0.39 is 0 Å². The van der Waals surface area contributed by atoms with E-state index in [0.717, 1.165) is 25.9 Å². The van der Waals surface area contributed by atoms with Crippen LogP contribution in [-0.2, 0) is 0 Å². The maximum absolute atomic E-state index is 3.95. The molecular weight excluding hydrogens is 316 g/mol. The summed E-state index contributed by atoms with van der Waals surface area (Å²) in [7, 11) is 0. The smallest absolute Gasteiger partial charge is 0.0379 e. The van der Waals surface area contributed by atoms with Gasteiger partial charge in [0.05, 0.1) is 0 Å². The average Bonchev–Trinajstić information content (AvgIpc) is 2.66. The lowest BCUT2D eigenvalue weighted by molar-refractivity contribution is 0.662. The van der Waals surface area contributed by atoms with Crippen LogP contribution in [-0.4, -0.2) is 19.8 Å². The maximum Gasteiger partial charge on any atom is 0.0379 e. The predicted octanol–water partition coefficient (Wildman–Crippen LogP) is 8.57. The largest absolute Gasteiger partial charge is 0.389 e. The van der Waals surface area contributed by atoms with E-state index in [-0.39, 0.29) is 0 Å². The highest BCUT2D eigenvalue weighted by Crippen LogP contribution is 2.03. The van der Waals surface area contributed by atoms with Crippen molar-refractivity contribution in [2.75, 3.05) is 13.1 Å². The molecule has 0 unspecified atom stereocenters. The Hall–Kier alpha value is -0.790. The molecule has 1 N–H and O–H groups in total. The highest BCUT2D eigenvalue weighted by Gasteiger charge is 1.91. The van der Waals surface area contributed by atoms with Crippen LogP contribution in [0.3, 0.4) is 0 Å². The van der Waals surface area contributed by atoms with E-state index in [4.69, 9.17) is 0 Å². The lowest BCUT2D eigenvalue weighted by Gasteiger charge is -2.06. The average molecular weight is 371 g/mol. The van der Waals surface area contributed by atoms with Gasteiger partial charge < -0.3 is 10.3 Å². The Labute approximate surface area is 168 Å². The van der Waals surface area contributed by atoms with Crippen LogP contribution in [0, 0.1) is 0 Å². The second-order valence-corrected chi connectivity index (χ2v) is 6.64. The SMILES string of the molecule is C=C(CCCCC)NCCC.C=NCCC.CCCC.CCCCCC. The van der Waals surface area contributed by atoms with Crippen molar-refractivity contribution in [3.63, 3.8) is 0 Å². The van der Waals surface area contributed by atoms with Crippen molar-refractivity contribution in [1.29, 1.82) is 0 Å². The number of unbranched alkanes of at least 4 members (excludes halogenated alkanes) is 6. The van der Waals surface area contributed by atoms with Gasteiger partial charge in [0.2, 0.25) is 0 Å². The fourth-order valence-electron chi connectivity index (χ4n) is 1.64. The van der Waals surface area contributed by atoms with Crippen LogP contribution in [0.25, 0.3) is 0 Å². The molecule has 0 saturated heterocycles. The molecule has 0 aliphatic heterocycles. The van der Waals surface area contributed by atoms with Crippen molar-refractivity contribution in [3.8, 4) is 0 Å². The molecular formula is C24H54N2. The summed E-state index contributed by atoms with van der Waals surface area (Å²) < 4.78 is 0. The van der Waals surface area contributed by atoms with Crippen molar-refractivity contribution in [2.45, 2.75) is 126 Å².